The maximum Gasteiger partial charge on any atom is 0.223 e. The van der Waals surface area contributed by atoms with Crippen molar-refractivity contribution in [3.05, 3.63) is 53.9 Å². The number of rotatable bonds is 3. The van der Waals surface area contributed by atoms with Crippen LogP contribution in [0.5, 0.6) is 0 Å². The summed E-state index contributed by atoms with van der Waals surface area (Å²) in [5.74, 6) is 1.22. The van der Waals surface area contributed by atoms with E-state index in [0.717, 1.165) is 40.5 Å². The molecule has 2 aromatic heterocycles. The molecule has 29 heavy (non-hydrogen) atoms. The molecule has 1 amide bonds. The van der Waals surface area contributed by atoms with E-state index >= 15 is 0 Å². The number of carbonyl (C=O) groups is 1. The highest BCUT2D eigenvalue weighted by Crippen LogP contribution is 2.31. The van der Waals surface area contributed by atoms with Gasteiger partial charge in [-0.1, -0.05) is 24.3 Å². The minimum atomic E-state index is 0.155. The van der Waals surface area contributed by atoms with Crippen LogP contribution >= 0.6 is 0 Å². The summed E-state index contributed by atoms with van der Waals surface area (Å²) < 4.78 is 0. The first-order valence-corrected chi connectivity index (χ1v) is 9.49. The Labute approximate surface area is 166 Å². The number of nitriles is 1. The van der Waals surface area contributed by atoms with Crippen molar-refractivity contribution in [3.63, 3.8) is 0 Å². The van der Waals surface area contributed by atoms with Gasteiger partial charge in [-0.05, 0) is 35.7 Å². The van der Waals surface area contributed by atoms with Crippen LogP contribution in [0.3, 0.4) is 0 Å². The molecule has 0 atom stereocenters. The first kappa shape index (κ1) is 17.2. The van der Waals surface area contributed by atoms with Crippen molar-refractivity contribution in [1.29, 1.82) is 5.26 Å². The summed E-state index contributed by atoms with van der Waals surface area (Å²) in [6, 6.07) is 15.6. The minimum absolute atomic E-state index is 0.155. The smallest absolute Gasteiger partial charge is 0.223 e. The van der Waals surface area contributed by atoms with Crippen LogP contribution in [0.2, 0.25) is 0 Å². The molecule has 1 saturated heterocycles. The van der Waals surface area contributed by atoms with Crippen molar-refractivity contribution in [3.8, 4) is 17.2 Å². The molecule has 3 heterocycles. The number of hydrogen-bond acceptors (Lipinski definition) is 5. The number of H-pyrrole nitrogens is 1. The number of aromatic nitrogens is 3. The van der Waals surface area contributed by atoms with Crippen molar-refractivity contribution in [2.45, 2.75) is 19.4 Å². The van der Waals surface area contributed by atoms with Gasteiger partial charge in [0.2, 0.25) is 5.91 Å². The Balaban J connectivity index is 1.61. The lowest BCUT2D eigenvalue weighted by Crippen LogP contribution is -2.24. The molecule has 7 heteroatoms. The van der Waals surface area contributed by atoms with Crippen molar-refractivity contribution in [2.24, 2.45) is 0 Å². The molecule has 4 aromatic rings. The summed E-state index contributed by atoms with van der Waals surface area (Å²) in [6.07, 6.45) is 1.48. The van der Waals surface area contributed by atoms with Crippen LogP contribution in [0, 0.1) is 11.3 Å². The van der Waals surface area contributed by atoms with E-state index in [1.54, 1.807) is 11.0 Å². The van der Waals surface area contributed by atoms with E-state index in [1.165, 1.54) is 0 Å². The van der Waals surface area contributed by atoms with Gasteiger partial charge in [-0.2, -0.15) is 5.26 Å². The fourth-order valence-corrected chi connectivity index (χ4v) is 3.94. The first-order valence-electron chi connectivity index (χ1n) is 9.49. The topological polar surface area (TPSA) is 112 Å². The average Bonchev–Trinajstić information content (AvgIpc) is 3.35. The number of fused-ring (bicyclic) bond motifs is 3. The highest BCUT2D eigenvalue weighted by molar-refractivity contribution is 6.07. The lowest BCUT2D eigenvalue weighted by molar-refractivity contribution is -0.128. The van der Waals surface area contributed by atoms with E-state index < -0.39 is 0 Å². The predicted octanol–water partition coefficient (Wildman–Crippen LogP) is 3.35. The number of nitrogen functional groups attached to an aromatic ring is 1. The molecule has 1 fully saturated rings. The Bertz CT molecular complexity index is 1320. The zero-order valence-corrected chi connectivity index (χ0v) is 15.6. The lowest BCUT2D eigenvalue weighted by atomic mass is 9.99. The van der Waals surface area contributed by atoms with Gasteiger partial charge in [0, 0.05) is 18.4 Å². The summed E-state index contributed by atoms with van der Waals surface area (Å²) >= 11 is 0. The van der Waals surface area contributed by atoms with Crippen LogP contribution in [0.15, 0.2) is 42.5 Å². The second-order valence-electron chi connectivity index (χ2n) is 7.21. The highest BCUT2D eigenvalue weighted by Gasteiger charge is 2.22. The number of likely N-dealkylation sites (tertiary alicyclic amines) is 1. The second kappa shape index (κ2) is 6.60. The van der Waals surface area contributed by atoms with Gasteiger partial charge in [-0.3, -0.25) is 4.79 Å². The van der Waals surface area contributed by atoms with Gasteiger partial charge < -0.3 is 15.6 Å². The number of benzene rings is 2. The molecule has 0 radical (unpaired) electrons. The SMILES string of the molecule is N#Cc1ccccc1-c1ccc2c(c1)nc(N)c1[nH]c(CN3CCCC3=O)nc12. The predicted molar refractivity (Wildman–Crippen MR) is 111 cm³/mol. The molecule has 3 N–H and O–H groups in total. The van der Waals surface area contributed by atoms with E-state index in [2.05, 4.69) is 16.0 Å². The fourth-order valence-electron chi connectivity index (χ4n) is 3.94. The van der Waals surface area contributed by atoms with Crippen LogP contribution in [0.25, 0.3) is 33.1 Å². The number of pyridine rings is 1. The number of aromatic amines is 1. The van der Waals surface area contributed by atoms with Crippen LogP contribution in [0.4, 0.5) is 5.82 Å². The summed E-state index contributed by atoms with van der Waals surface area (Å²) in [5, 5.41) is 10.3. The number of amides is 1. The van der Waals surface area contributed by atoms with Gasteiger partial charge >= 0.3 is 0 Å². The Hall–Kier alpha value is -3.92. The second-order valence-corrected chi connectivity index (χ2v) is 7.21. The van der Waals surface area contributed by atoms with E-state index in [1.807, 2.05) is 36.4 Å². The molecule has 0 aliphatic carbocycles. The van der Waals surface area contributed by atoms with E-state index in [0.29, 0.717) is 35.7 Å². The fraction of sp³-hybridized carbons (Fsp3) is 0.182. The third kappa shape index (κ3) is 2.86. The molecule has 0 unspecified atom stereocenters. The van der Waals surface area contributed by atoms with Gasteiger partial charge in [0.25, 0.3) is 0 Å². The third-order valence-electron chi connectivity index (χ3n) is 5.37. The summed E-state index contributed by atoms with van der Waals surface area (Å²) in [4.78, 5) is 26.2. The monoisotopic (exact) mass is 382 g/mol. The molecule has 2 aromatic carbocycles. The standard InChI is InChI=1S/C22H18N6O/c23-11-14-4-1-2-5-15(14)13-7-8-16-17(10-13)25-22(24)21-20(16)26-18(27-21)12-28-9-3-6-19(28)29/h1-2,4-5,7-8,10H,3,6,9,12H2,(H2,24,25)(H,26,27). The zero-order valence-electron chi connectivity index (χ0n) is 15.6. The molecular formula is C22H18N6O. The maximum absolute atomic E-state index is 11.9. The maximum atomic E-state index is 11.9. The van der Waals surface area contributed by atoms with Gasteiger partial charge in [-0.25, -0.2) is 9.97 Å². The Morgan fingerprint density at radius 3 is 2.86 bits per heavy atom. The van der Waals surface area contributed by atoms with Crippen molar-refractivity contribution in [2.75, 3.05) is 12.3 Å². The van der Waals surface area contributed by atoms with Crippen LogP contribution in [0.1, 0.15) is 24.2 Å². The van der Waals surface area contributed by atoms with Crippen LogP contribution in [-0.4, -0.2) is 32.3 Å². The molecule has 1 aliphatic rings. The number of anilines is 1. The quantitative estimate of drug-likeness (QED) is 0.564. The summed E-state index contributed by atoms with van der Waals surface area (Å²) in [7, 11) is 0. The number of nitrogens with zero attached hydrogens (tertiary/aromatic N) is 4. The van der Waals surface area contributed by atoms with Crippen molar-refractivity contribution < 1.29 is 4.79 Å². The van der Waals surface area contributed by atoms with Crippen molar-refractivity contribution in [1.82, 2.24) is 19.9 Å². The minimum Gasteiger partial charge on any atom is -0.382 e. The molecule has 0 spiro atoms. The molecule has 0 bridgehead atoms. The van der Waals surface area contributed by atoms with Gasteiger partial charge in [0.05, 0.1) is 23.7 Å². The number of hydrogen-bond donors (Lipinski definition) is 2. The normalized spacial score (nSPS) is 14.0. The Morgan fingerprint density at radius 2 is 2.07 bits per heavy atom. The third-order valence-corrected chi connectivity index (χ3v) is 5.37. The number of nitrogens with one attached hydrogen (secondary N) is 1. The van der Waals surface area contributed by atoms with Crippen LogP contribution in [-0.2, 0) is 11.3 Å². The molecule has 7 nitrogen and oxygen atoms in total. The molecular weight excluding hydrogens is 364 g/mol. The van der Waals surface area contributed by atoms with Gasteiger partial charge in [-0.15, -0.1) is 0 Å². The first-order chi connectivity index (χ1) is 14.1. The zero-order chi connectivity index (χ0) is 20.0. The molecule has 0 saturated carbocycles. The molecule has 142 valence electrons. The van der Waals surface area contributed by atoms with Gasteiger partial charge in [0.1, 0.15) is 22.7 Å². The lowest BCUT2D eigenvalue weighted by Gasteiger charge is -2.12. The largest absolute Gasteiger partial charge is 0.382 e. The number of imidazole rings is 1. The Morgan fingerprint density at radius 1 is 1.21 bits per heavy atom. The van der Waals surface area contributed by atoms with Crippen molar-refractivity contribution >= 4 is 33.7 Å². The average molecular weight is 382 g/mol. The summed E-state index contributed by atoms with van der Waals surface area (Å²) in [5.41, 5.74) is 10.7. The van der Waals surface area contributed by atoms with E-state index in [9.17, 15) is 10.1 Å². The summed E-state index contributed by atoms with van der Waals surface area (Å²) in [6.45, 7) is 1.20. The highest BCUT2D eigenvalue weighted by atomic mass is 16.2. The van der Waals surface area contributed by atoms with E-state index in [-0.39, 0.29) is 5.91 Å². The molecule has 5 rings (SSSR count). The van der Waals surface area contributed by atoms with Gasteiger partial charge in [0.15, 0.2) is 0 Å². The van der Waals surface area contributed by atoms with Crippen LogP contribution < -0.4 is 5.73 Å². The molecule has 1 aliphatic heterocycles. The van der Waals surface area contributed by atoms with E-state index in [4.69, 9.17) is 10.7 Å². The number of nitrogens with two attached hydrogens (primary N) is 1. The number of carbonyl (C=O) groups excluding carboxylic acids is 1. The Kier molecular flexibility index (Phi) is 3.91.